The molecule has 5 heteroatoms. The van der Waals surface area contributed by atoms with E-state index < -0.39 is 0 Å². The van der Waals surface area contributed by atoms with Gasteiger partial charge in [-0.1, -0.05) is 6.92 Å². The molecule has 0 amide bonds. The van der Waals surface area contributed by atoms with Crippen LogP contribution in [0.1, 0.15) is 20.3 Å². The molecule has 18 heavy (non-hydrogen) atoms. The van der Waals surface area contributed by atoms with Crippen LogP contribution in [0, 0.1) is 0 Å². The second-order valence-electron chi connectivity index (χ2n) is 5.14. The van der Waals surface area contributed by atoms with Crippen LogP contribution >= 0.6 is 0 Å². The molecule has 0 spiro atoms. The summed E-state index contributed by atoms with van der Waals surface area (Å²) in [6, 6.07) is 0.278. The zero-order valence-corrected chi connectivity index (χ0v) is 12.1. The van der Waals surface area contributed by atoms with Crippen molar-refractivity contribution in [2.75, 3.05) is 46.9 Å². The van der Waals surface area contributed by atoms with E-state index in [1.165, 1.54) is 7.11 Å². The fraction of sp³-hybridized carbons (Fsp3) is 0.923. The number of piperazine rings is 1. The maximum absolute atomic E-state index is 11.7. The summed E-state index contributed by atoms with van der Waals surface area (Å²) in [7, 11) is 3.59. The van der Waals surface area contributed by atoms with Crippen LogP contribution in [0.5, 0.6) is 0 Å². The van der Waals surface area contributed by atoms with Crippen LogP contribution in [0.2, 0.25) is 0 Å². The van der Waals surface area contributed by atoms with E-state index in [0.29, 0.717) is 6.04 Å². The molecule has 0 aromatic carbocycles. The van der Waals surface area contributed by atoms with E-state index >= 15 is 0 Å². The van der Waals surface area contributed by atoms with Gasteiger partial charge >= 0.3 is 5.97 Å². The Bertz CT molecular complexity index is 261. The Morgan fingerprint density at radius 2 is 2.22 bits per heavy atom. The quantitative estimate of drug-likeness (QED) is 0.687. The molecule has 0 radical (unpaired) electrons. The number of likely N-dealkylation sites (N-methyl/N-ethyl adjacent to an activating group) is 1. The van der Waals surface area contributed by atoms with Gasteiger partial charge in [-0.15, -0.1) is 0 Å². The highest BCUT2D eigenvalue weighted by Gasteiger charge is 2.27. The highest BCUT2D eigenvalue weighted by atomic mass is 16.5. The van der Waals surface area contributed by atoms with Crippen LogP contribution in [0.15, 0.2) is 0 Å². The van der Waals surface area contributed by atoms with Crippen molar-refractivity contribution in [1.82, 2.24) is 15.1 Å². The van der Waals surface area contributed by atoms with Gasteiger partial charge in [0.05, 0.1) is 7.11 Å². The van der Waals surface area contributed by atoms with Gasteiger partial charge in [0, 0.05) is 32.2 Å². The number of esters is 1. The van der Waals surface area contributed by atoms with Crippen molar-refractivity contribution in [1.29, 1.82) is 0 Å². The lowest BCUT2D eigenvalue weighted by Gasteiger charge is -2.39. The molecule has 1 fully saturated rings. The summed E-state index contributed by atoms with van der Waals surface area (Å²) in [4.78, 5) is 16.4. The number of carbonyl (C=O) groups excluding carboxylic acids is 1. The van der Waals surface area contributed by atoms with Crippen molar-refractivity contribution in [2.24, 2.45) is 0 Å². The smallest absolute Gasteiger partial charge is 0.324 e. The molecule has 1 saturated heterocycles. The molecule has 0 aromatic heterocycles. The minimum Gasteiger partial charge on any atom is -0.468 e. The predicted octanol–water partition coefficient (Wildman–Crippen LogP) is 0.164. The van der Waals surface area contributed by atoms with Crippen molar-refractivity contribution in [2.45, 2.75) is 32.4 Å². The van der Waals surface area contributed by atoms with Crippen LogP contribution < -0.4 is 5.32 Å². The molecule has 1 rings (SSSR count). The molecular weight excluding hydrogens is 230 g/mol. The number of ether oxygens (including phenoxy) is 1. The van der Waals surface area contributed by atoms with Gasteiger partial charge in [0.25, 0.3) is 0 Å². The van der Waals surface area contributed by atoms with Gasteiger partial charge in [0.15, 0.2) is 0 Å². The molecule has 1 heterocycles. The van der Waals surface area contributed by atoms with Crippen molar-refractivity contribution < 1.29 is 9.53 Å². The lowest BCUT2D eigenvalue weighted by molar-refractivity contribution is -0.144. The van der Waals surface area contributed by atoms with E-state index in [1.807, 2.05) is 0 Å². The van der Waals surface area contributed by atoms with Gasteiger partial charge in [0.1, 0.15) is 6.04 Å². The number of rotatable bonds is 6. The first kappa shape index (κ1) is 15.4. The van der Waals surface area contributed by atoms with E-state index in [2.05, 4.69) is 36.0 Å². The lowest BCUT2D eigenvalue weighted by Crippen LogP contribution is -2.56. The van der Waals surface area contributed by atoms with E-state index in [1.54, 1.807) is 0 Å². The molecule has 5 nitrogen and oxygen atoms in total. The number of hydrogen-bond acceptors (Lipinski definition) is 5. The number of methoxy groups -OCH3 is 1. The molecule has 0 aromatic rings. The maximum atomic E-state index is 11.7. The number of hydrogen-bond donors (Lipinski definition) is 1. The summed E-state index contributed by atoms with van der Waals surface area (Å²) in [6.07, 6.45) is 1.02. The third kappa shape index (κ3) is 4.55. The first-order valence-corrected chi connectivity index (χ1v) is 6.82. The first-order valence-electron chi connectivity index (χ1n) is 6.82. The summed E-state index contributed by atoms with van der Waals surface area (Å²) in [6.45, 7) is 9.03. The van der Waals surface area contributed by atoms with Crippen molar-refractivity contribution in [3.05, 3.63) is 0 Å². The molecule has 1 aliphatic heterocycles. The Balaban J connectivity index is 2.51. The lowest BCUT2D eigenvalue weighted by atomic mass is 10.1. The molecule has 0 bridgehead atoms. The van der Waals surface area contributed by atoms with Gasteiger partial charge < -0.3 is 15.0 Å². The van der Waals surface area contributed by atoms with Crippen LogP contribution in [-0.4, -0.2) is 74.7 Å². The topological polar surface area (TPSA) is 44.8 Å². The van der Waals surface area contributed by atoms with Crippen LogP contribution in [0.25, 0.3) is 0 Å². The van der Waals surface area contributed by atoms with Crippen molar-refractivity contribution in [3.8, 4) is 0 Å². The zero-order valence-electron chi connectivity index (χ0n) is 12.1. The minimum atomic E-state index is -0.208. The number of nitrogens with zero attached hydrogens (tertiary/aromatic N) is 2. The largest absolute Gasteiger partial charge is 0.468 e. The van der Waals surface area contributed by atoms with Crippen LogP contribution in [-0.2, 0) is 9.53 Å². The van der Waals surface area contributed by atoms with E-state index in [4.69, 9.17) is 4.74 Å². The second kappa shape index (κ2) is 7.71. The van der Waals surface area contributed by atoms with E-state index in [0.717, 1.165) is 39.1 Å². The molecular formula is C13H27N3O2. The Morgan fingerprint density at radius 3 is 2.78 bits per heavy atom. The third-order valence-corrected chi connectivity index (χ3v) is 3.51. The molecule has 2 atom stereocenters. The molecule has 0 saturated carbocycles. The number of nitrogens with one attached hydrogen (secondary N) is 1. The van der Waals surface area contributed by atoms with Crippen molar-refractivity contribution >= 4 is 5.97 Å². The monoisotopic (exact) mass is 257 g/mol. The van der Waals surface area contributed by atoms with Gasteiger partial charge in [-0.05, 0) is 26.9 Å². The average molecular weight is 257 g/mol. The molecule has 0 aliphatic carbocycles. The Kier molecular flexibility index (Phi) is 6.60. The fourth-order valence-corrected chi connectivity index (χ4v) is 2.37. The van der Waals surface area contributed by atoms with E-state index in [9.17, 15) is 4.79 Å². The molecule has 1 N–H and O–H groups in total. The van der Waals surface area contributed by atoms with Gasteiger partial charge in [-0.3, -0.25) is 9.69 Å². The number of carbonyl (C=O) groups is 1. The fourth-order valence-electron chi connectivity index (χ4n) is 2.37. The molecule has 2 unspecified atom stereocenters. The average Bonchev–Trinajstić information content (AvgIpc) is 2.36. The maximum Gasteiger partial charge on any atom is 0.324 e. The van der Waals surface area contributed by atoms with Gasteiger partial charge in [-0.2, -0.15) is 0 Å². The summed E-state index contributed by atoms with van der Waals surface area (Å²) in [5.41, 5.74) is 0. The summed E-state index contributed by atoms with van der Waals surface area (Å²) in [5.74, 6) is -0.158. The predicted molar refractivity (Wildman–Crippen MR) is 72.6 cm³/mol. The van der Waals surface area contributed by atoms with Crippen molar-refractivity contribution in [3.63, 3.8) is 0 Å². The third-order valence-electron chi connectivity index (χ3n) is 3.51. The minimum absolute atomic E-state index is 0.158. The standard InChI is InChI=1S/C13H27N3O2/c1-5-6-14-12(13(17)18-4)10-16-8-7-15(3)9-11(16)2/h11-12,14H,5-10H2,1-4H3. The van der Waals surface area contributed by atoms with Gasteiger partial charge in [-0.25, -0.2) is 0 Å². The normalized spacial score (nSPS) is 23.9. The summed E-state index contributed by atoms with van der Waals surface area (Å²) in [5, 5.41) is 3.27. The van der Waals surface area contributed by atoms with Gasteiger partial charge in [0.2, 0.25) is 0 Å². The van der Waals surface area contributed by atoms with Crippen LogP contribution in [0.4, 0.5) is 0 Å². The van der Waals surface area contributed by atoms with E-state index in [-0.39, 0.29) is 12.0 Å². The Labute approximate surface area is 110 Å². The SMILES string of the molecule is CCCNC(CN1CCN(C)CC1C)C(=O)OC. The Morgan fingerprint density at radius 1 is 1.50 bits per heavy atom. The van der Waals surface area contributed by atoms with Crippen LogP contribution in [0.3, 0.4) is 0 Å². The highest BCUT2D eigenvalue weighted by Crippen LogP contribution is 2.09. The molecule has 1 aliphatic rings. The highest BCUT2D eigenvalue weighted by molar-refractivity contribution is 5.75. The second-order valence-corrected chi connectivity index (χ2v) is 5.14. The summed E-state index contributed by atoms with van der Waals surface area (Å²) < 4.78 is 4.87. The summed E-state index contributed by atoms with van der Waals surface area (Å²) >= 11 is 0. The first-order chi connectivity index (χ1) is 8.58. The zero-order chi connectivity index (χ0) is 13.5. The molecule has 106 valence electrons. The Hall–Kier alpha value is -0.650.